The third kappa shape index (κ3) is 11.1. The van der Waals surface area contributed by atoms with Crippen LogP contribution in [0.1, 0.15) is 78.9 Å². The summed E-state index contributed by atoms with van der Waals surface area (Å²) in [6.07, 6.45) is 2.25. The van der Waals surface area contributed by atoms with E-state index in [1.165, 1.54) is 23.5 Å². The lowest BCUT2D eigenvalue weighted by atomic mass is 9.75. The van der Waals surface area contributed by atoms with Gasteiger partial charge in [0.15, 0.2) is 5.71 Å². The lowest BCUT2D eigenvalue weighted by Gasteiger charge is -2.23. The first kappa shape index (κ1) is 41.9. The number of carbonyl (C=O) groups excluding carboxylic acids is 2. The summed E-state index contributed by atoms with van der Waals surface area (Å²) in [5.74, 6) is -4.84. The van der Waals surface area contributed by atoms with Gasteiger partial charge in [-0.15, -0.1) is 11.3 Å². The Bertz CT molecular complexity index is 2220. The number of rotatable bonds is 19. The van der Waals surface area contributed by atoms with Crippen molar-refractivity contribution >= 4 is 81.0 Å². The van der Waals surface area contributed by atoms with Crippen molar-refractivity contribution in [1.29, 1.82) is 0 Å². The van der Waals surface area contributed by atoms with Crippen LogP contribution < -0.4 is 10.6 Å². The van der Waals surface area contributed by atoms with Gasteiger partial charge in [0.25, 0.3) is 32.1 Å². The van der Waals surface area contributed by atoms with Crippen molar-refractivity contribution in [1.82, 2.24) is 15.6 Å². The number of nitrogens with one attached hydrogen (secondary N) is 2. The van der Waals surface area contributed by atoms with Gasteiger partial charge in [0.2, 0.25) is 5.69 Å². The molecular weight excluding hydrogens is 777 g/mol. The molecule has 5 N–H and O–H groups in total. The number of fused-ring (bicyclic) bond motifs is 3. The molecule has 1 aliphatic heterocycles. The highest BCUT2D eigenvalue weighted by Crippen LogP contribution is 2.50. The molecule has 2 aromatic heterocycles. The molecular formula is C32H40N4O13S4. The minimum absolute atomic E-state index is 0.0367. The zero-order valence-electron chi connectivity index (χ0n) is 28.8. The molecule has 0 bridgehead atoms. The summed E-state index contributed by atoms with van der Waals surface area (Å²) in [6, 6.07) is 6.52. The molecule has 3 aromatic rings. The van der Waals surface area contributed by atoms with Gasteiger partial charge < -0.3 is 20.3 Å². The Morgan fingerprint density at radius 1 is 0.887 bits per heavy atom. The fourth-order valence-corrected chi connectivity index (χ4v) is 8.48. The molecule has 0 saturated heterocycles. The van der Waals surface area contributed by atoms with Crippen LogP contribution in [0.4, 0.5) is 5.69 Å². The Morgan fingerprint density at radius 2 is 1.49 bits per heavy atom. The number of thiophene rings is 1. The molecule has 21 heteroatoms. The van der Waals surface area contributed by atoms with Crippen molar-refractivity contribution in [2.24, 2.45) is 0 Å². The Hall–Kier alpha value is -3.86. The van der Waals surface area contributed by atoms with E-state index in [9.17, 15) is 48.7 Å². The molecule has 0 spiro atoms. The van der Waals surface area contributed by atoms with Gasteiger partial charge in [-0.1, -0.05) is 0 Å². The van der Waals surface area contributed by atoms with E-state index in [0.717, 1.165) is 27.0 Å². The predicted octanol–water partition coefficient (Wildman–Crippen LogP) is 2.55. The molecule has 0 saturated carbocycles. The van der Waals surface area contributed by atoms with Crippen LogP contribution in [-0.4, -0.2) is 114 Å². The average Bonchev–Trinajstić information content (AvgIpc) is 3.60. The molecule has 290 valence electrons. The maximum absolute atomic E-state index is 13.2. The number of nitrogens with zero attached hydrogens (tertiary/aromatic N) is 2. The maximum Gasteiger partial charge on any atom is 0.303 e. The van der Waals surface area contributed by atoms with E-state index >= 15 is 0 Å². The van der Waals surface area contributed by atoms with Crippen LogP contribution in [0, 0.1) is 0 Å². The Balaban J connectivity index is 1.86. The predicted molar refractivity (Wildman–Crippen MR) is 195 cm³/mol. The Labute approximate surface area is 310 Å². The van der Waals surface area contributed by atoms with E-state index in [-0.39, 0.29) is 24.2 Å². The quantitative estimate of drug-likeness (QED) is 0.0661. The van der Waals surface area contributed by atoms with E-state index in [1.807, 2.05) is 31.4 Å². The first-order valence-electron chi connectivity index (χ1n) is 16.4. The lowest BCUT2D eigenvalue weighted by Crippen LogP contribution is -2.32. The van der Waals surface area contributed by atoms with Crippen molar-refractivity contribution in [3.8, 4) is 11.1 Å². The molecule has 1 atom stereocenters. The molecule has 0 fully saturated rings. The fraction of sp³-hybridized carbons (Fsp3) is 0.469. The van der Waals surface area contributed by atoms with Crippen LogP contribution in [0.2, 0.25) is 0 Å². The molecule has 1 aliphatic rings. The van der Waals surface area contributed by atoms with E-state index in [2.05, 4.69) is 20.2 Å². The van der Waals surface area contributed by atoms with Gasteiger partial charge in [0.05, 0.1) is 38.2 Å². The summed E-state index contributed by atoms with van der Waals surface area (Å²) in [7, 11) is -13.3. The van der Waals surface area contributed by atoms with Crippen LogP contribution in [0.5, 0.6) is 0 Å². The van der Waals surface area contributed by atoms with E-state index in [1.54, 1.807) is 0 Å². The maximum atomic E-state index is 13.2. The van der Waals surface area contributed by atoms with E-state index in [0.29, 0.717) is 43.4 Å². The summed E-state index contributed by atoms with van der Waals surface area (Å²) in [4.78, 5) is 41.5. The van der Waals surface area contributed by atoms with Crippen LogP contribution in [0.15, 0.2) is 29.6 Å². The third-order valence-corrected chi connectivity index (χ3v) is 12.2. The van der Waals surface area contributed by atoms with Gasteiger partial charge >= 0.3 is 5.97 Å². The van der Waals surface area contributed by atoms with Crippen LogP contribution in [0.3, 0.4) is 0 Å². The minimum atomic E-state index is -4.66. The van der Waals surface area contributed by atoms with Gasteiger partial charge in [0, 0.05) is 48.7 Å². The monoisotopic (exact) mass is 816 g/mol. The molecule has 0 aliphatic carbocycles. The zero-order valence-corrected chi connectivity index (χ0v) is 32.1. The standard InChI is InChI=1S/C32H40N4O13S4/c1-20-32(2,9-6-14-51(41,42)43)24-19-23(29-22(8-13-50-29)28(24)36(20)12-5-3-4-7-27(37)38)21-17-25(30(39)33-10-15-52(44,45)46)35-26(18-21)31(40)34-11-16-53(47,48)49/h8,13,17-19H,3-7,9-12,14-16H2,1-2H3,(H5-,33,34,37,38,39,40,41,42,43,44,45,46,47,48,49). The van der Waals surface area contributed by atoms with Gasteiger partial charge in [-0.2, -0.15) is 21.4 Å². The second kappa shape index (κ2) is 16.7. The van der Waals surface area contributed by atoms with Crippen molar-refractivity contribution in [2.45, 2.75) is 57.8 Å². The molecule has 3 heterocycles. The summed E-state index contributed by atoms with van der Waals surface area (Å²) in [5, 5.41) is 16.3. The normalized spacial score (nSPS) is 16.2. The second-order valence-corrected chi connectivity index (χ2v) is 18.4. The van der Waals surface area contributed by atoms with Crippen LogP contribution in [-0.2, 0) is 40.6 Å². The molecule has 17 nitrogen and oxygen atoms in total. The lowest BCUT2D eigenvalue weighted by molar-refractivity contribution is -0.438. The summed E-state index contributed by atoms with van der Waals surface area (Å²) >= 11 is 1.37. The highest BCUT2D eigenvalue weighted by atomic mass is 32.2. The van der Waals surface area contributed by atoms with Crippen molar-refractivity contribution in [2.75, 3.05) is 36.9 Å². The number of aliphatic carboxylic acids is 1. The highest BCUT2D eigenvalue weighted by Gasteiger charge is 2.47. The van der Waals surface area contributed by atoms with E-state index in [4.69, 9.17) is 9.66 Å². The first-order chi connectivity index (χ1) is 24.6. The molecule has 0 radical (unpaired) electrons. The average molecular weight is 817 g/mol. The number of benzene rings is 1. The molecule has 4 rings (SSSR count). The zero-order chi connectivity index (χ0) is 39.4. The number of unbranched alkanes of at least 4 members (excludes halogenated alkanes) is 2. The number of carboxylic acid groups (broad SMARTS) is 1. The van der Waals surface area contributed by atoms with Gasteiger partial charge in [-0.05, 0) is 67.8 Å². The molecule has 1 aromatic carbocycles. The van der Waals surface area contributed by atoms with Gasteiger partial charge in [-0.25, -0.2) is 13.4 Å². The fourth-order valence-electron chi connectivity index (χ4n) is 6.32. The summed E-state index contributed by atoms with van der Waals surface area (Å²) in [5.41, 5.74) is 2.01. The Morgan fingerprint density at radius 3 is 2.06 bits per heavy atom. The topological polar surface area (TPSA) is 277 Å². The SMILES string of the molecule is CC1=[N+](CCCCCC(=O)O)c2c(cc(-c3cc(C(=O)NCCS(=O)(=O)[O-])nc(C(=O)NCCS(=O)(=O)O)c3)c3sccc23)C1(C)CCCS(=O)(=O)O. The second-order valence-electron chi connectivity index (χ2n) is 12.8. The van der Waals surface area contributed by atoms with Crippen LogP contribution >= 0.6 is 11.3 Å². The number of amides is 2. The minimum Gasteiger partial charge on any atom is -0.748 e. The summed E-state index contributed by atoms with van der Waals surface area (Å²) in [6.45, 7) is 3.38. The number of carboxylic acids is 1. The molecule has 53 heavy (non-hydrogen) atoms. The number of aromatic nitrogens is 1. The smallest absolute Gasteiger partial charge is 0.303 e. The largest absolute Gasteiger partial charge is 0.748 e. The third-order valence-electron chi connectivity index (χ3n) is 9.01. The molecule has 1 unspecified atom stereocenters. The number of hydrogen-bond acceptors (Lipinski definition) is 12. The van der Waals surface area contributed by atoms with Gasteiger partial charge in [0.1, 0.15) is 17.9 Å². The summed E-state index contributed by atoms with van der Waals surface area (Å²) < 4.78 is 101. The first-order valence-corrected chi connectivity index (χ1v) is 22.1. The van der Waals surface area contributed by atoms with Crippen molar-refractivity contribution in [3.63, 3.8) is 0 Å². The van der Waals surface area contributed by atoms with Gasteiger partial charge in [-0.3, -0.25) is 23.5 Å². The van der Waals surface area contributed by atoms with Crippen molar-refractivity contribution < 1.29 is 63.0 Å². The highest BCUT2D eigenvalue weighted by molar-refractivity contribution is 7.86. The van der Waals surface area contributed by atoms with Crippen LogP contribution in [0.25, 0.3) is 21.2 Å². The Kier molecular flexibility index (Phi) is 13.2. The van der Waals surface area contributed by atoms with Crippen molar-refractivity contribution in [3.05, 3.63) is 46.6 Å². The molecule has 2 amide bonds. The number of pyridine rings is 1. The number of hydrogen-bond donors (Lipinski definition) is 5. The van der Waals surface area contributed by atoms with E-state index < -0.39 is 83.9 Å². The number of carbonyl (C=O) groups is 3.